The van der Waals surface area contributed by atoms with Crippen molar-refractivity contribution in [2.75, 3.05) is 5.75 Å². The van der Waals surface area contributed by atoms with Gasteiger partial charge in [0.25, 0.3) is 0 Å². The summed E-state index contributed by atoms with van der Waals surface area (Å²) in [5.74, 6) is -1.54. The van der Waals surface area contributed by atoms with E-state index in [0.29, 0.717) is 0 Å². The van der Waals surface area contributed by atoms with E-state index in [9.17, 15) is 26.4 Å². The lowest BCUT2D eigenvalue weighted by Gasteiger charge is -2.07. The van der Waals surface area contributed by atoms with Crippen LogP contribution < -0.4 is 0 Å². The largest absolute Gasteiger partial charge is 0.416 e. The third kappa shape index (κ3) is 4.48. The van der Waals surface area contributed by atoms with Crippen molar-refractivity contribution in [1.29, 1.82) is 0 Å². The van der Waals surface area contributed by atoms with Crippen LogP contribution in [0.5, 0.6) is 0 Å². The summed E-state index contributed by atoms with van der Waals surface area (Å²) in [6, 6.07) is 3.83. The predicted octanol–water partition coefficient (Wildman–Crippen LogP) is 2.21. The number of benzene rings is 1. The van der Waals surface area contributed by atoms with Crippen molar-refractivity contribution < 1.29 is 26.4 Å². The van der Waals surface area contributed by atoms with Gasteiger partial charge in [0, 0.05) is 0 Å². The molecule has 0 bridgehead atoms. The molecule has 3 nitrogen and oxygen atoms in total. The summed E-state index contributed by atoms with van der Waals surface area (Å²) in [5, 5.41) is 0. The molecule has 1 aromatic carbocycles. The maximum Gasteiger partial charge on any atom is 0.416 e. The molecule has 0 heterocycles. The smallest absolute Gasteiger partial charge is 0.299 e. The highest BCUT2D eigenvalue weighted by Gasteiger charge is 2.30. The summed E-state index contributed by atoms with van der Waals surface area (Å²) in [4.78, 5) is 10.7. The molecule has 0 saturated carbocycles. The molecule has 0 aliphatic rings. The minimum atomic E-state index is -4.45. The highest BCUT2D eigenvalue weighted by molar-refractivity contribution is 7.91. The summed E-state index contributed by atoms with van der Waals surface area (Å²) >= 11 is 0. The van der Waals surface area contributed by atoms with Crippen molar-refractivity contribution in [2.24, 2.45) is 0 Å². The molecule has 0 atom stereocenters. The number of Topliss-reactive ketones (excluding diaryl/α,β-unsaturated/α-hetero) is 1. The number of alkyl halides is 3. The van der Waals surface area contributed by atoms with Crippen molar-refractivity contribution in [3.8, 4) is 0 Å². The Morgan fingerprint density at radius 1 is 1.17 bits per heavy atom. The van der Waals surface area contributed by atoms with Gasteiger partial charge >= 0.3 is 6.18 Å². The maximum absolute atomic E-state index is 12.3. The van der Waals surface area contributed by atoms with Crippen LogP contribution in [0.4, 0.5) is 13.2 Å². The lowest BCUT2D eigenvalue weighted by molar-refractivity contribution is -0.137. The molecule has 0 spiro atoms. The van der Waals surface area contributed by atoms with Crippen LogP contribution in [0.2, 0.25) is 0 Å². The van der Waals surface area contributed by atoms with Crippen LogP contribution in [-0.4, -0.2) is 20.0 Å². The average molecular weight is 280 g/mol. The van der Waals surface area contributed by atoms with E-state index < -0.39 is 38.9 Å². The second-order valence-corrected chi connectivity index (χ2v) is 5.99. The molecule has 7 heteroatoms. The molecule has 1 rings (SSSR count). The first-order valence-corrected chi connectivity index (χ1v) is 6.78. The van der Waals surface area contributed by atoms with Gasteiger partial charge in [0.1, 0.15) is 11.5 Å². The Morgan fingerprint density at radius 3 is 2.06 bits per heavy atom. The Balaban J connectivity index is 2.85. The quantitative estimate of drug-likeness (QED) is 0.849. The molecule has 0 aliphatic carbocycles. The molecule has 100 valence electrons. The molecule has 1 aromatic rings. The number of halogens is 3. The first-order chi connectivity index (χ1) is 8.10. The van der Waals surface area contributed by atoms with Gasteiger partial charge in [0.15, 0.2) is 9.84 Å². The third-order valence-electron chi connectivity index (χ3n) is 2.09. The van der Waals surface area contributed by atoms with Crippen molar-refractivity contribution in [3.63, 3.8) is 0 Å². The fourth-order valence-corrected chi connectivity index (χ4v) is 2.83. The second kappa shape index (κ2) is 5.09. The van der Waals surface area contributed by atoms with Crippen molar-refractivity contribution in [2.45, 2.75) is 18.9 Å². The summed E-state index contributed by atoms with van der Waals surface area (Å²) in [6.07, 6.45) is -4.45. The highest BCUT2D eigenvalue weighted by atomic mass is 32.2. The molecule has 0 N–H and O–H groups in total. The molecule has 18 heavy (non-hydrogen) atoms. The van der Waals surface area contributed by atoms with Crippen molar-refractivity contribution in [1.82, 2.24) is 0 Å². The van der Waals surface area contributed by atoms with Crippen LogP contribution in [0.3, 0.4) is 0 Å². The summed E-state index contributed by atoms with van der Waals surface area (Å²) in [5.41, 5.74) is -0.612. The molecule has 0 fully saturated rings. The molecule has 0 radical (unpaired) electrons. The Morgan fingerprint density at radius 2 is 1.67 bits per heavy atom. The molecular formula is C11H11F3O3S. The molecule has 0 aliphatic heterocycles. The minimum Gasteiger partial charge on any atom is -0.299 e. The monoisotopic (exact) mass is 280 g/mol. The fraction of sp³-hybridized carbons (Fsp3) is 0.364. The average Bonchev–Trinajstić information content (AvgIpc) is 2.13. The van der Waals surface area contributed by atoms with E-state index in [2.05, 4.69) is 0 Å². The van der Waals surface area contributed by atoms with Gasteiger partial charge in [-0.2, -0.15) is 13.2 Å². The van der Waals surface area contributed by atoms with Crippen molar-refractivity contribution >= 4 is 15.6 Å². The van der Waals surface area contributed by atoms with E-state index in [-0.39, 0.29) is 5.56 Å². The minimum absolute atomic E-state index is 0.226. The van der Waals surface area contributed by atoms with Crippen LogP contribution in [0.25, 0.3) is 0 Å². The Kier molecular flexibility index (Phi) is 4.16. The Hall–Kier alpha value is -1.37. The normalized spacial score (nSPS) is 12.4. The zero-order valence-corrected chi connectivity index (χ0v) is 10.3. The molecule has 0 saturated heterocycles. The van der Waals surface area contributed by atoms with Gasteiger partial charge in [0.05, 0.1) is 11.3 Å². The zero-order chi connectivity index (χ0) is 14.0. The van der Waals surface area contributed by atoms with Gasteiger partial charge in [-0.05, 0) is 24.6 Å². The highest BCUT2D eigenvalue weighted by Crippen LogP contribution is 2.29. The number of carbonyl (C=O) groups is 1. The van der Waals surface area contributed by atoms with Crippen LogP contribution in [0.1, 0.15) is 18.1 Å². The van der Waals surface area contributed by atoms with Crippen LogP contribution in [0, 0.1) is 0 Å². The molecule has 0 unspecified atom stereocenters. The van der Waals surface area contributed by atoms with E-state index in [1.807, 2.05) is 0 Å². The summed E-state index contributed by atoms with van der Waals surface area (Å²) < 4.78 is 59.7. The Labute approximate surface area is 103 Å². The van der Waals surface area contributed by atoms with E-state index in [1.165, 1.54) is 0 Å². The van der Waals surface area contributed by atoms with E-state index in [0.717, 1.165) is 31.2 Å². The van der Waals surface area contributed by atoms with E-state index in [1.54, 1.807) is 0 Å². The SMILES string of the molecule is CC(=O)CS(=O)(=O)Cc1ccc(C(F)(F)F)cc1. The number of hydrogen-bond acceptors (Lipinski definition) is 3. The lowest BCUT2D eigenvalue weighted by Crippen LogP contribution is -2.15. The van der Waals surface area contributed by atoms with Gasteiger partial charge in [-0.15, -0.1) is 0 Å². The van der Waals surface area contributed by atoms with E-state index in [4.69, 9.17) is 0 Å². The maximum atomic E-state index is 12.3. The Bertz CT molecular complexity index is 530. The van der Waals surface area contributed by atoms with Crippen LogP contribution in [-0.2, 0) is 26.6 Å². The number of hydrogen-bond donors (Lipinski definition) is 0. The number of carbonyl (C=O) groups excluding carboxylic acids is 1. The standard InChI is InChI=1S/C11H11F3O3S/c1-8(15)6-18(16,17)7-9-2-4-10(5-3-9)11(12,13)14/h2-5H,6-7H2,1H3. The first-order valence-electron chi connectivity index (χ1n) is 4.96. The van der Waals surface area contributed by atoms with Gasteiger partial charge in [-0.1, -0.05) is 12.1 Å². The van der Waals surface area contributed by atoms with E-state index >= 15 is 0 Å². The van der Waals surface area contributed by atoms with Crippen LogP contribution in [0.15, 0.2) is 24.3 Å². The van der Waals surface area contributed by atoms with Gasteiger partial charge in [-0.25, -0.2) is 8.42 Å². The number of ketones is 1. The molecular weight excluding hydrogens is 269 g/mol. The van der Waals surface area contributed by atoms with Crippen LogP contribution >= 0.6 is 0 Å². The second-order valence-electron chi connectivity index (χ2n) is 3.93. The third-order valence-corrected chi connectivity index (χ3v) is 3.71. The number of sulfone groups is 1. The molecule has 0 amide bonds. The van der Waals surface area contributed by atoms with Crippen molar-refractivity contribution in [3.05, 3.63) is 35.4 Å². The van der Waals surface area contributed by atoms with Gasteiger partial charge in [0.2, 0.25) is 0 Å². The van der Waals surface area contributed by atoms with Gasteiger partial charge in [-0.3, -0.25) is 4.79 Å². The summed E-state index contributed by atoms with van der Waals surface area (Å²) in [7, 11) is -3.61. The first kappa shape index (κ1) is 14.7. The summed E-state index contributed by atoms with van der Waals surface area (Å²) in [6.45, 7) is 1.14. The molecule has 0 aromatic heterocycles. The zero-order valence-electron chi connectivity index (χ0n) is 9.49. The van der Waals surface area contributed by atoms with Gasteiger partial charge < -0.3 is 0 Å². The lowest BCUT2D eigenvalue weighted by atomic mass is 10.1. The predicted molar refractivity (Wildman–Crippen MR) is 59.6 cm³/mol. The topological polar surface area (TPSA) is 51.2 Å². The number of rotatable bonds is 4. The fourth-order valence-electron chi connectivity index (χ4n) is 1.40.